The molecule has 5 nitrogen and oxygen atoms in total. The van der Waals surface area contributed by atoms with Gasteiger partial charge in [-0.2, -0.15) is 0 Å². The lowest BCUT2D eigenvalue weighted by Crippen LogP contribution is -2.29. The third-order valence-corrected chi connectivity index (χ3v) is 0.707. The van der Waals surface area contributed by atoms with E-state index in [1.54, 1.807) is 0 Å². The van der Waals surface area contributed by atoms with E-state index in [4.69, 9.17) is 21.6 Å². The Morgan fingerprint density at radius 3 is 0.750 bits per heavy atom. The molecule has 0 aliphatic carbocycles. The highest BCUT2D eigenvalue weighted by molar-refractivity contribution is 5.16. The van der Waals surface area contributed by atoms with E-state index in [1.165, 1.54) is 19.5 Å². The summed E-state index contributed by atoms with van der Waals surface area (Å²) in [6.07, 6.45) is 1.39. The van der Waals surface area contributed by atoms with Crippen LogP contribution in [-0.4, -0.2) is 40.0 Å². The summed E-state index contributed by atoms with van der Waals surface area (Å²) in [4.78, 5) is 0. The highest BCUT2D eigenvalue weighted by atomic mass is 14.9. The van der Waals surface area contributed by atoms with E-state index in [9.17, 15) is 0 Å². The van der Waals surface area contributed by atoms with Gasteiger partial charge in [0.2, 0.25) is 0 Å². The highest BCUT2D eigenvalue weighted by Crippen LogP contribution is 1.80. The Bertz CT molecular complexity index is 43.8. The van der Waals surface area contributed by atoms with Gasteiger partial charge in [-0.05, 0) is 46.4 Å². The Morgan fingerprint density at radius 2 is 0.750 bits per heavy atom. The van der Waals surface area contributed by atoms with Gasteiger partial charge in [0.1, 0.15) is 0 Å². The molecule has 1 heterocycles. The molecule has 1 fully saturated rings. The van der Waals surface area contributed by atoms with Crippen LogP contribution in [0.25, 0.3) is 0 Å². The molecule has 0 aromatic rings. The maximum absolute atomic E-state index is 5.50. The van der Waals surface area contributed by atoms with Crippen molar-refractivity contribution in [3.63, 3.8) is 0 Å². The Hall–Kier alpha value is -1.36. The zero-order valence-corrected chi connectivity index (χ0v) is 7.45. The van der Waals surface area contributed by atoms with Crippen LogP contribution < -0.4 is 5.32 Å². The molecule has 0 atom stereocenters. The number of hydrogen-bond acceptors (Lipinski definition) is 5. The van der Waals surface area contributed by atoms with Crippen molar-refractivity contribution in [1.29, 1.82) is 21.6 Å². The fraction of sp³-hybridized carbons (Fsp3) is 0.429. The van der Waals surface area contributed by atoms with Gasteiger partial charge in [-0.15, -0.1) is 0 Å². The summed E-state index contributed by atoms with van der Waals surface area (Å²) in [5, 5.41) is 25.1. The zero-order valence-electron chi connectivity index (χ0n) is 7.45. The quantitative estimate of drug-likeness (QED) is 0.347. The molecule has 1 saturated heterocycles. The lowest BCUT2D eigenvalue weighted by Gasteiger charge is -2.09. The van der Waals surface area contributed by atoms with Crippen molar-refractivity contribution in [2.45, 2.75) is 6.42 Å². The van der Waals surface area contributed by atoms with E-state index >= 15 is 0 Å². The molecule has 0 spiro atoms. The van der Waals surface area contributed by atoms with E-state index in [-0.39, 0.29) is 0 Å². The molecule has 1 rings (SSSR count). The predicted octanol–water partition coefficient (Wildman–Crippen LogP) is 1.04. The van der Waals surface area contributed by atoms with E-state index in [0.29, 0.717) is 0 Å². The fourth-order valence-corrected chi connectivity index (χ4v) is 0.177. The monoisotopic (exact) mass is 173 g/mol. The normalized spacial score (nSPS) is 9.33. The molecule has 0 amide bonds. The molecule has 5 heteroatoms. The third-order valence-electron chi connectivity index (χ3n) is 0.707. The van der Waals surface area contributed by atoms with Crippen LogP contribution in [0, 0.1) is 21.6 Å². The fourth-order valence-electron chi connectivity index (χ4n) is 0.177. The second-order valence-electron chi connectivity index (χ2n) is 1.10. The molecular formula is C7H19N5. The van der Waals surface area contributed by atoms with Gasteiger partial charge >= 0.3 is 0 Å². The maximum atomic E-state index is 5.50. The lowest BCUT2D eigenvalue weighted by atomic mass is 10.3. The number of hydrogen-bond donors (Lipinski definition) is 5. The minimum Gasteiger partial charge on any atom is -0.317 e. The second kappa shape index (κ2) is 103. The van der Waals surface area contributed by atoms with Crippen molar-refractivity contribution in [3.05, 3.63) is 0 Å². The lowest BCUT2D eigenvalue weighted by molar-refractivity contribution is 0.527. The average Bonchev–Trinajstić information content (AvgIpc) is 2.14. The van der Waals surface area contributed by atoms with Crippen molar-refractivity contribution in [3.8, 4) is 0 Å². The van der Waals surface area contributed by atoms with Crippen LogP contribution in [-0.2, 0) is 0 Å². The summed E-state index contributed by atoms with van der Waals surface area (Å²) >= 11 is 0. The molecule has 0 aromatic heterocycles. The minimum absolute atomic E-state index is 1.25. The van der Waals surface area contributed by atoms with Crippen molar-refractivity contribution in [1.82, 2.24) is 5.32 Å². The van der Waals surface area contributed by atoms with Gasteiger partial charge in [-0.1, -0.05) is 0 Å². The van der Waals surface area contributed by atoms with Crippen molar-refractivity contribution >= 4 is 26.9 Å². The van der Waals surface area contributed by atoms with Crippen molar-refractivity contribution in [2.75, 3.05) is 13.1 Å². The van der Waals surface area contributed by atoms with Crippen LogP contribution in [0.1, 0.15) is 6.42 Å². The largest absolute Gasteiger partial charge is 0.317 e. The Morgan fingerprint density at radius 1 is 0.667 bits per heavy atom. The molecule has 72 valence electrons. The van der Waals surface area contributed by atoms with Crippen molar-refractivity contribution in [2.24, 2.45) is 0 Å². The summed E-state index contributed by atoms with van der Waals surface area (Å²) in [6.45, 7) is 12.5. The number of rotatable bonds is 0. The minimum atomic E-state index is 1.25. The molecule has 0 saturated carbocycles. The topological polar surface area (TPSA) is 107 Å². The van der Waals surface area contributed by atoms with E-state index in [1.807, 2.05) is 0 Å². The van der Waals surface area contributed by atoms with Crippen LogP contribution in [0.5, 0.6) is 0 Å². The smallest absolute Gasteiger partial charge is 0.00368 e. The van der Waals surface area contributed by atoms with Gasteiger partial charge in [-0.25, -0.2) is 0 Å². The second-order valence-corrected chi connectivity index (χ2v) is 1.10. The maximum Gasteiger partial charge on any atom is -0.00368 e. The predicted molar refractivity (Wildman–Crippen MR) is 56.8 cm³/mol. The Labute approximate surface area is 74.2 Å². The van der Waals surface area contributed by atoms with Crippen molar-refractivity contribution < 1.29 is 0 Å². The molecule has 0 bridgehead atoms. The molecule has 0 radical (unpaired) electrons. The van der Waals surface area contributed by atoms with Crippen LogP contribution in [0.15, 0.2) is 0 Å². The zero-order chi connectivity index (χ0) is 10.8. The molecule has 0 unspecified atom stereocenters. The third kappa shape index (κ3) is 72.4. The molecule has 0 aromatic carbocycles. The van der Waals surface area contributed by atoms with Gasteiger partial charge in [0.15, 0.2) is 0 Å². The van der Waals surface area contributed by atoms with Gasteiger partial charge in [-0.3, -0.25) is 0 Å². The van der Waals surface area contributed by atoms with E-state index < -0.39 is 0 Å². The van der Waals surface area contributed by atoms with Gasteiger partial charge in [0.05, 0.1) is 0 Å². The molecule has 1 aliphatic heterocycles. The summed E-state index contributed by atoms with van der Waals surface area (Å²) in [5.74, 6) is 0. The first-order chi connectivity index (χ1) is 6.00. The first-order valence-corrected chi connectivity index (χ1v) is 3.12. The van der Waals surface area contributed by atoms with Gasteiger partial charge in [0.25, 0.3) is 0 Å². The highest BCUT2D eigenvalue weighted by Gasteiger charge is 1.92. The Balaban J connectivity index is -0.0000000360. The van der Waals surface area contributed by atoms with Crippen LogP contribution >= 0.6 is 0 Å². The van der Waals surface area contributed by atoms with E-state index in [0.717, 1.165) is 0 Å². The summed E-state index contributed by atoms with van der Waals surface area (Å²) in [5.41, 5.74) is 0. The first kappa shape index (κ1) is 22.4. The molecule has 12 heavy (non-hydrogen) atoms. The summed E-state index contributed by atoms with van der Waals surface area (Å²) in [7, 11) is 0. The van der Waals surface area contributed by atoms with Gasteiger partial charge in [0, 0.05) is 0 Å². The average molecular weight is 173 g/mol. The van der Waals surface area contributed by atoms with Gasteiger partial charge < -0.3 is 27.0 Å². The standard InChI is InChI=1S/C3H7N.4CH3N/c1-2-4-3-1;4*1-2/h4H,1-3H2;4*2H,1H2. The number of nitrogens with one attached hydrogen (secondary N) is 5. The van der Waals surface area contributed by atoms with Crippen LogP contribution in [0.3, 0.4) is 0 Å². The Kier molecular flexibility index (Phi) is 193. The molecule has 1 aliphatic rings. The first-order valence-electron chi connectivity index (χ1n) is 3.12. The molecule has 5 N–H and O–H groups in total. The molecular weight excluding hydrogens is 154 g/mol. The van der Waals surface area contributed by atoms with Crippen LogP contribution in [0.2, 0.25) is 0 Å². The van der Waals surface area contributed by atoms with E-state index in [2.05, 4.69) is 32.2 Å². The SMILES string of the molecule is C1CNC1.C=N.C=N.C=N.C=N. The summed E-state index contributed by atoms with van der Waals surface area (Å²) < 4.78 is 0. The summed E-state index contributed by atoms with van der Waals surface area (Å²) in [6, 6.07) is 0. The van der Waals surface area contributed by atoms with Crippen LogP contribution in [0.4, 0.5) is 0 Å².